The highest BCUT2D eigenvalue weighted by atomic mass is 16.5. The van der Waals surface area contributed by atoms with Gasteiger partial charge in [-0.15, -0.1) is 0 Å². The molecule has 3 aromatic rings. The first kappa shape index (κ1) is 19.3. The lowest BCUT2D eigenvalue weighted by Crippen LogP contribution is -2.46. The minimum Gasteiger partial charge on any atom is -0.357 e. The van der Waals surface area contributed by atoms with E-state index in [2.05, 4.69) is 54.7 Å². The van der Waals surface area contributed by atoms with Crippen LogP contribution in [-0.4, -0.2) is 64.3 Å². The Balaban J connectivity index is 1.34. The maximum atomic E-state index is 5.49. The molecule has 1 fully saturated rings. The van der Waals surface area contributed by atoms with Gasteiger partial charge in [0.1, 0.15) is 11.6 Å². The van der Waals surface area contributed by atoms with E-state index in [-0.39, 0.29) is 0 Å². The van der Waals surface area contributed by atoms with Crippen LogP contribution in [0.1, 0.15) is 19.7 Å². The molecule has 0 spiro atoms. The maximum absolute atomic E-state index is 5.49. The van der Waals surface area contributed by atoms with Crippen molar-refractivity contribution in [1.82, 2.24) is 25.0 Å². The fourth-order valence-corrected chi connectivity index (χ4v) is 3.56. The minimum atomic E-state index is 0.589. The number of rotatable bonds is 7. The van der Waals surface area contributed by atoms with Crippen LogP contribution >= 0.6 is 0 Å². The van der Waals surface area contributed by atoms with Crippen molar-refractivity contribution >= 4 is 11.6 Å². The summed E-state index contributed by atoms with van der Waals surface area (Å²) in [6, 6.07) is 10.0. The molecule has 0 unspecified atom stereocenters. The highest BCUT2D eigenvalue weighted by Gasteiger charge is 2.20. The molecular weight excluding hydrogens is 366 g/mol. The molecular formula is C21H27N7O. The Hall–Kier alpha value is -3.00. The summed E-state index contributed by atoms with van der Waals surface area (Å²) in [6.45, 7) is 10.5. The van der Waals surface area contributed by atoms with Gasteiger partial charge in [-0.05, 0) is 38.1 Å². The van der Waals surface area contributed by atoms with Gasteiger partial charge in [0.25, 0.3) is 0 Å². The van der Waals surface area contributed by atoms with Crippen molar-refractivity contribution < 1.29 is 4.52 Å². The van der Waals surface area contributed by atoms with Gasteiger partial charge in [0.15, 0.2) is 0 Å². The van der Waals surface area contributed by atoms with Gasteiger partial charge in [-0.2, -0.15) is 4.98 Å². The Morgan fingerprint density at radius 1 is 1.00 bits per heavy atom. The van der Waals surface area contributed by atoms with E-state index in [0.29, 0.717) is 18.3 Å². The van der Waals surface area contributed by atoms with Crippen molar-refractivity contribution in [2.75, 3.05) is 49.1 Å². The predicted molar refractivity (Wildman–Crippen MR) is 113 cm³/mol. The van der Waals surface area contributed by atoms with Gasteiger partial charge in [-0.3, -0.25) is 4.90 Å². The normalized spacial score (nSPS) is 14.9. The molecule has 0 atom stereocenters. The van der Waals surface area contributed by atoms with Gasteiger partial charge in [0.2, 0.25) is 11.7 Å². The first-order chi connectivity index (χ1) is 14.3. The average molecular weight is 393 g/mol. The zero-order valence-electron chi connectivity index (χ0n) is 17.0. The summed E-state index contributed by atoms with van der Waals surface area (Å²) < 4.78 is 5.49. The van der Waals surface area contributed by atoms with Crippen molar-refractivity contribution in [2.45, 2.75) is 20.4 Å². The van der Waals surface area contributed by atoms with E-state index in [1.807, 2.05) is 36.7 Å². The Morgan fingerprint density at radius 3 is 2.48 bits per heavy atom. The topological polar surface area (TPSA) is 74.4 Å². The summed E-state index contributed by atoms with van der Waals surface area (Å²) in [5, 5.41) is 4.14. The van der Waals surface area contributed by atoms with Crippen LogP contribution < -0.4 is 9.80 Å². The summed E-state index contributed by atoms with van der Waals surface area (Å²) in [5.41, 5.74) is 0.871. The largest absolute Gasteiger partial charge is 0.357 e. The van der Waals surface area contributed by atoms with Gasteiger partial charge in [-0.1, -0.05) is 11.2 Å². The monoisotopic (exact) mass is 393 g/mol. The summed E-state index contributed by atoms with van der Waals surface area (Å²) in [6.07, 6.45) is 3.65. The fourth-order valence-electron chi connectivity index (χ4n) is 3.56. The smallest absolute Gasteiger partial charge is 0.241 e. The number of piperazine rings is 1. The van der Waals surface area contributed by atoms with E-state index >= 15 is 0 Å². The van der Waals surface area contributed by atoms with Crippen LogP contribution in [0, 0.1) is 0 Å². The molecule has 4 rings (SSSR count). The van der Waals surface area contributed by atoms with Gasteiger partial charge >= 0.3 is 0 Å². The second-order valence-corrected chi connectivity index (χ2v) is 7.04. The number of anilines is 2. The molecule has 1 aliphatic heterocycles. The Morgan fingerprint density at radius 2 is 1.83 bits per heavy atom. The first-order valence-electron chi connectivity index (χ1n) is 10.2. The molecule has 1 saturated heterocycles. The lowest BCUT2D eigenvalue weighted by Gasteiger charge is -2.34. The Bertz CT molecular complexity index is 885. The molecule has 0 aromatic carbocycles. The molecule has 0 N–H and O–H groups in total. The van der Waals surface area contributed by atoms with E-state index in [1.165, 1.54) is 0 Å². The highest BCUT2D eigenvalue weighted by molar-refractivity contribution is 5.55. The lowest BCUT2D eigenvalue weighted by molar-refractivity contribution is 0.215. The third-order valence-electron chi connectivity index (χ3n) is 5.27. The molecule has 0 aliphatic carbocycles. The van der Waals surface area contributed by atoms with Crippen LogP contribution in [-0.2, 0) is 6.54 Å². The molecule has 29 heavy (non-hydrogen) atoms. The zero-order valence-corrected chi connectivity index (χ0v) is 17.0. The number of hydrogen-bond donors (Lipinski definition) is 0. The van der Waals surface area contributed by atoms with Crippen LogP contribution in [0.2, 0.25) is 0 Å². The lowest BCUT2D eigenvalue weighted by atomic mass is 10.2. The number of hydrogen-bond acceptors (Lipinski definition) is 8. The Kier molecular flexibility index (Phi) is 6.00. The first-order valence-corrected chi connectivity index (χ1v) is 10.2. The van der Waals surface area contributed by atoms with Gasteiger partial charge in [0, 0.05) is 57.2 Å². The third kappa shape index (κ3) is 4.54. The minimum absolute atomic E-state index is 0.589. The van der Waals surface area contributed by atoms with E-state index in [9.17, 15) is 0 Å². The van der Waals surface area contributed by atoms with Crippen molar-refractivity contribution in [2.24, 2.45) is 0 Å². The zero-order chi connectivity index (χ0) is 20.1. The Labute approximate surface area is 171 Å². The molecule has 4 heterocycles. The molecule has 8 nitrogen and oxygen atoms in total. The summed E-state index contributed by atoms with van der Waals surface area (Å²) >= 11 is 0. The van der Waals surface area contributed by atoms with Crippen molar-refractivity contribution in [3.63, 3.8) is 0 Å². The SMILES string of the molecule is CCN(CC)c1ccc(-c2noc(CN3CCN(c4ccccn4)CC3)n2)cn1. The van der Waals surface area contributed by atoms with Crippen LogP contribution in [0.25, 0.3) is 11.4 Å². The van der Waals surface area contributed by atoms with Crippen molar-refractivity contribution in [3.05, 3.63) is 48.6 Å². The second-order valence-electron chi connectivity index (χ2n) is 7.04. The quantitative estimate of drug-likeness (QED) is 0.607. The molecule has 0 amide bonds. The maximum Gasteiger partial charge on any atom is 0.241 e. The number of pyridine rings is 2. The third-order valence-corrected chi connectivity index (χ3v) is 5.27. The van der Waals surface area contributed by atoms with E-state index in [4.69, 9.17) is 4.52 Å². The van der Waals surface area contributed by atoms with Crippen LogP contribution in [0.5, 0.6) is 0 Å². The summed E-state index contributed by atoms with van der Waals surface area (Å²) in [4.78, 5) is 20.4. The number of nitrogens with zero attached hydrogens (tertiary/aromatic N) is 7. The van der Waals surface area contributed by atoms with Crippen LogP contribution in [0.4, 0.5) is 11.6 Å². The predicted octanol–water partition coefficient (Wildman–Crippen LogP) is 2.70. The molecule has 8 heteroatoms. The van der Waals surface area contributed by atoms with E-state index in [1.54, 1.807) is 0 Å². The molecule has 1 aliphatic rings. The van der Waals surface area contributed by atoms with Crippen LogP contribution in [0.3, 0.4) is 0 Å². The van der Waals surface area contributed by atoms with E-state index < -0.39 is 0 Å². The van der Waals surface area contributed by atoms with Gasteiger partial charge < -0.3 is 14.3 Å². The molecule has 0 bridgehead atoms. The molecule has 152 valence electrons. The second kappa shape index (κ2) is 9.00. The van der Waals surface area contributed by atoms with Crippen LogP contribution in [0.15, 0.2) is 47.2 Å². The van der Waals surface area contributed by atoms with Gasteiger partial charge in [-0.25, -0.2) is 9.97 Å². The number of aromatic nitrogens is 4. The fraction of sp³-hybridized carbons (Fsp3) is 0.429. The standard InChI is InChI=1S/C21H27N7O/c1-3-27(4-2)19-9-8-17(15-23-19)21-24-20(29-25-21)16-26-11-13-28(14-12-26)18-7-5-6-10-22-18/h5-10,15H,3-4,11-14,16H2,1-2H3. The highest BCUT2D eigenvalue weighted by Crippen LogP contribution is 2.19. The van der Waals surface area contributed by atoms with E-state index in [0.717, 1.165) is 56.5 Å². The molecule has 0 radical (unpaired) electrons. The van der Waals surface area contributed by atoms with Crippen molar-refractivity contribution in [1.29, 1.82) is 0 Å². The molecule has 0 saturated carbocycles. The summed E-state index contributed by atoms with van der Waals surface area (Å²) in [7, 11) is 0. The van der Waals surface area contributed by atoms with Crippen molar-refractivity contribution in [3.8, 4) is 11.4 Å². The van der Waals surface area contributed by atoms with Gasteiger partial charge in [0.05, 0.1) is 6.54 Å². The summed E-state index contributed by atoms with van der Waals surface area (Å²) in [5.74, 6) is 3.23. The average Bonchev–Trinajstić information content (AvgIpc) is 3.25. The molecule has 3 aromatic heterocycles.